The van der Waals surface area contributed by atoms with E-state index in [9.17, 15) is 0 Å². The molecule has 18 heavy (non-hydrogen) atoms. The van der Waals surface area contributed by atoms with Crippen molar-refractivity contribution in [3.05, 3.63) is 52.5 Å². The molecule has 2 aromatic rings. The van der Waals surface area contributed by atoms with Crippen molar-refractivity contribution >= 4 is 29.1 Å². The first-order valence-corrected chi connectivity index (χ1v) is 6.39. The number of diazo groups is 1. The summed E-state index contributed by atoms with van der Waals surface area (Å²) < 4.78 is 5.26. The number of methoxy groups -OCH3 is 1. The third-order valence-electron chi connectivity index (χ3n) is 2.31. The van der Waals surface area contributed by atoms with Crippen molar-refractivity contribution in [2.45, 2.75) is 9.79 Å². The normalized spacial score (nSPS) is 9.83. The van der Waals surface area contributed by atoms with Gasteiger partial charge in [-0.25, -0.2) is 0 Å². The van der Waals surface area contributed by atoms with Crippen LogP contribution in [-0.4, -0.2) is 7.11 Å². The molecule has 0 saturated carbocycles. The Morgan fingerprint density at radius 3 is 2.56 bits per heavy atom. The molecule has 0 amide bonds. The standard InChI is InChI=1S/C13H10ClN2OS/c1-17-12-8-11(16-15)10(14)7-13(12)18-9-5-3-2-4-6-9/h2-8H,1H3/q+1. The van der Waals surface area contributed by atoms with Crippen molar-refractivity contribution in [1.29, 1.82) is 5.39 Å². The van der Waals surface area contributed by atoms with Crippen molar-refractivity contribution in [3.8, 4) is 5.75 Å². The number of nitrogens with zero attached hydrogens (tertiary/aromatic N) is 2. The second-order valence-corrected chi connectivity index (χ2v) is 4.99. The first-order valence-electron chi connectivity index (χ1n) is 5.20. The maximum atomic E-state index is 8.80. The third-order valence-corrected chi connectivity index (χ3v) is 3.66. The van der Waals surface area contributed by atoms with Gasteiger partial charge in [-0.2, -0.15) is 0 Å². The molecule has 0 unspecified atom stereocenters. The average molecular weight is 278 g/mol. The molecule has 0 bridgehead atoms. The van der Waals surface area contributed by atoms with Gasteiger partial charge < -0.3 is 4.74 Å². The molecule has 3 nitrogen and oxygen atoms in total. The van der Waals surface area contributed by atoms with E-state index in [0.29, 0.717) is 16.5 Å². The zero-order valence-corrected chi connectivity index (χ0v) is 11.2. The van der Waals surface area contributed by atoms with E-state index in [-0.39, 0.29) is 0 Å². The largest absolute Gasteiger partial charge is 0.495 e. The Balaban J connectivity index is 2.39. The Morgan fingerprint density at radius 1 is 1.22 bits per heavy atom. The van der Waals surface area contributed by atoms with E-state index in [1.54, 1.807) is 19.2 Å². The predicted octanol–water partition coefficient (Wildman–Crippen LogP) is 4.98. The molecule has 90 valence electrons. The lowest BCUT2D eigenvalue weighted by Crippen LogP contribution is -1.86. The molecule has 0 aliphatic heterocycles. The van der Waals surface area contributed by atoms with E-state index in [4.69, 9.17) is 21.7 Å². The fraction of sp³-hybridized carbons (Fsp3) is 0.0769. The number of halogens is 1. The number of ether oxygens (including phenoxy) is 1. The summed E-state index contributed by atoms with van der Waals surface area (Å²) in [4.78, 5) is 5.07. The van der Waals surface area contributed by atoms with Crippen LogP contribution in [0.4, 0.5) is 5.69 Å². The molecule has 0 aromatic heterocycles. The van der Waals surface area contributed by atoms with Crippen LogP contribution >= 0.6 is 23.4 Å². The van der Waals surface area contributed by atoms with Gasteiger partial charge in [-0.1, -0.05) is 41.6 Å². The van der Waals surface area contributed by atoms with Gasteiger partial charge in [0.25, 0.3) is 0 Å². The van der Waals surface area contributed by atoms with E-state index in [2.05, 4.69) is 4.98 Å². The average Bonchev–Trinajstić information content (AvgIpc) is 2.40. The quantitative estimate of drug-likeness (QED) is 0.742. The fourth-order valence-electron chi connectivity index (χ4n) is 1.46. The van der Waals surface area contributed by atoms with Gasteiger partial charge >= 0.3 is 5.69 Å². The maximum absolute atomic E-state index is 8.80. The highest BCUT2D eigenvalue weighted by Gasteiger charge is 2.18. The zero-order chi connectivity index (χ0) is 13.0. The van der Waals surface area contributed by atoms with Crippen LogP contribution < -0.4 is 4.74 Å². The lowest BCUT2D eigenvalue weighted by molar-refractivity contribution is 0.405. The summed E-state index contributed by atoms with van der Waals surface area (Å²) in [5.74, 6) is 0.626. The second kappa shape index (κ2) is 5.76. The van der Waals surface area contributed by atoms with E-state index in [0.717, 1.165) is 9.79 Å². The molecule has 0 saturated heterocycles. The summed E-state index contributed by atoms with van der Waals surface area (Å²) in [6, 6.07) is 13.2. The minimum absolute atomic E-state index is 0.297. The Labute approximate surface area is 114 Å². The number of hydrogen-bond donors (Lipinski definition) is 0. The fourth-order valence-corrected chi connectivity index (χ4v) is 2.69. The monoisotopic (exact) mass is 277 g/mol. The van der Waals surface area contributed by atoms with Gasteiger partial charge in [-0.3, -0.25) is 0 Å². The van der Waals surface area contributed by atoms with Crippen LogP contribution in [0.3, 0.4) is 0 Å². The zero-order valence-electron chi connectivity index (χ0n) is 9.63. The van der Waals surface area contributed by atoms with Crippen LogP contribution in [0.2, 0.25) is 5.02 Å². The maximum Gasteiger partial charge on any atom is 0.407 e. The number of hydrogen-bond acceptors (Lipinski definition) is 3. The van der Waals surface area contributed by atoms with Gasteiger partial charge in [0.1, 0.15) is 10.8 Å². The van der Waals surface area contributed by atoms with Crippen molar-refractivity contribution in [3.63, 3.8) is 0 Å². The lowest BCUT2D eigenvalue weighted by atomic mass is 10.3. The van der Waals surface area contributed by atoms with Crippen LogP contribution in [0.5, 0.6) is 5.75 Å². The van der Waals surface area contributed by atoms with E-state index in [1.165, 1.54) is 11.8 Å². The Bertz CT molecular complexity index is 596. The number of benzene rings is 2. The Morgan fingerprint density at radius 2 is 1.94 bits per heavy atom. The van der Waals surface area contributed by atoms with Crippen LogP contribution in [0.15, 0.2) is 52.3 Å². The van der Waals surface area contributed by atoms with Crippen LogP contribution in [0.25, 0.3) is 4.98 Å². The van der Waals surface area contributed by atoms with Crippen LogP contribution in [-0.2, 0) is 0 Å². The van der Waals surface area contributed by atoms with Gasteiger partial charge in [0.2, 0.25) is 5.39 Å². The van der Waals surface area contributed by atoms with Crippen molar-refractivity contribution < 1.29 is 4.74 Å². The third kappa shape index (κ3) is 2.76. The van der Waals surface area contributed by atoms with E-state index in [1.807, 2.05) is 30.3 Å². The summed E-state index contributed by atoms with van der Waals surface area (Å²) in [6.45, 7) is 0. The first-order chi connectivity index (χ1) is 8.74. The molecular formula is C13H10ClN2OS+. The van der Waals surface area contributed by atoms with E-state index >= 15 is 0 Å². The highest BCUT2D eigenvalue weighted by molar-refractivity contribution is 7.99. The highest BCUT2D eigenvalue weighted by atomic mass is 35.5. The molecule has 2 rings (SSSR count). The molecule has 0 radical (unpaired) electrons. The predicted molar refractivity (Wildman–Crippen MR) is 73.3 cm³/mol. The molecule has 0 aliphatic rings. The van der Waals surface area contributed by atoms with Gasteiger partial charge in [0, 0.05) is 4.90 Å². The lowest BCUT2D eigenvalue weighted by Gasteiger charge is -2.07. The molecule has 0 fully saturated rings. The van der Waals surface area contributed by atoms with Gasteiger partial charge in [0.05, 0.1) is 18.1 Å². The molecular weight excluding hydrogens is 268 g/mol. The summed E-state index contributed by atoms with van der Waals surface area (Å²) >= 11 is 7.54. The smallest absolute Gasteiger partial charge is 0.407 e. The van der Waals surface area contributed by atoms with Crippen molar-refractivity contribution in [1.82, 2.24) is 0 Å². The summed E-state index contributed by atoms with van der Waals surface area (Å²) in [6.07, 6.45) is 0. The molecule has 5 heteroatoms. The molecule has 0 aliphatic carbocycles. The molecule has 0 atom stereocenters. The highest BCUT2D eigenvalue weighted by Crippen LogP contribution is 2.40. The Kier molecular flexibility index (Phi) is 4.08. The minimum atomic E-state index is 0.297. The second-order valence-electron chi connectivity index (χ2n) is 3.47. The molecule has 0 spiro atoms. The SMILES string of the molecule is COc1cc([N+]#N)c(Cl)cc1Sc1ccccc1. The summed E-state index contributed by atoms with van der Waals surface area (Å²) in [5, 5.41) is 9.18. The van der Waals surface area contributed by atoms with Crippen LogP contribution in [0.1, 0.15) is 0 Å². The van der Waals surface area contributed by atoms with Crippen LogP contribution in [0, 0.1) is 5.39 Å². The summed E-state index contributed by atoms with van der Waals surface area (Å²) in [7, 11) is 1.57. The molecule has 0 N–H and O–H groups in total. The van der Waals surface area contributed by atoms with Gasteiger partial charge in [-0.15, -0.1) is 0 Å². The topological polar surface area (TPSA) is 37.4 Å². The van der Waals surface area contributed by atoms with Crippen molar-refractivity contribution in [2.24, 2.45) is 0 Å². The number of rotatable bonds is 3. The van der Waals surface area contributed by atoms with E-state index < -0.39 is 0 Å². The first kappa shape index (κ1) is 12.7. The minimum Gasteiger partial charge on any atom is -0.495 e. The summed E-state index contributed by atoms with van der Waals surface area (Å²) in [5.41, 5.74) is 0.297. The molecule has 2 aromatic carbocycles. The van der Waals surface area contributed by atoms with Crippen molar-refractivity contribution in [2.75, 3.05) is 7.11 Å². The Hall–Kier alpha value is -1.70. The molecule has 0 heterocycles. The van der Waals surface area contributed by atoms with Gasteiger partial charge in [-0.05, 0) is 18.2 Å². The van der Waals surface area contributed by atoms with Gasteiger partial charge in [0.15, 0.2) is 4.98 Å².